The van der Waals surface area contributed by atoms with Crippen molar-refractivity contribution in [2.24, 2.45) is 0 Å². The van der Waals surface area contributed by atoms with Crippen molar-refractivity contribution in [1.82, 2.24) is 0 Å². The average molecular weight is 226 g/mol. The topological polar surface area (TPSA) is 98.0 Å². The van der Waals surface area contributed by atoms with E-state index < -0.39 is 18.0 Å². The smallest absolute Gasteiger partial charge is 0.311 e. The van der Waals surface area contributed by atoms with Crippen LogP contribution in [0, 0.1) is 0 Å². The highest BCUT2D eigenvalue weighted by Gasteiger charge is 2.22. The Hall–Kier alpha value is -1.75. The first-order valence-corrected chi connectivity index (χ1v) is 4.84. The maximum atomic E-state index is 11.0. The van der Waals surface area contributed by atoms with E-state index in [0.717, 1.165) is 0 Å². The predicted molar refractivity (Wildman–Crippen MR) is 56.4 cm³/mol. The molecule has 0 bridgehead atoms. The fraction of sp³-hybridized carbons (Fsp3) is 0.364. The van der Waals surface area contributed by atoms with Crippen LogP contribution in [0.5, 0.6) is 11.5 Å². The molecular formula is C11H14O5. The summed E-state index contributed by atoms with van der Waals surface area (Å²) >= 11 is 0. The van der Waals surface area contributed by atoms with Gasteiger partial charge in [-0.05, 0) is 31.0 Å². The van der Waals surface area contributed by atoms with Crippen LogP contribution in [0.1, 0.15) is 24.8 Å². The van der Waals surface area contributed by atoms with E-state index in [1.807, 2.05) is 0 Å². The van der Waals surface area contributed by atoms with Crippen LogP contribution in [0.15, 0.2) is 18.2 Å². The summed E-state index contributed by atoms with van der Waals surface area (Å²) in [7, 11) is 0. The molecule has 0 aromatic heterocycles. The summed E-state index contributed by atoms with van der Waals surface area (Å²) in [5.74, 6) is -2.64. The number of carboxylic acid groups (broad SMARTS) is 1. The molecule has 5 nitrogen and oxygen atoms in total. The predicted octanol–water partition coefficient (Wildman–Crippen LogP) is 1.04. The molecule has 0 aliphatic rings. The van der Waals surface area contributed by atoms with Gasteiger partial charge in [-0.3, -0.25) is 4.79 Å². The van der Waals surface area contributed by atoms with Crippen LogP contribution in [-0.2, 0) is 4.79 Å². The molecular weight excluding hydrogens is 212 g/mol. The Kier molecular flexibility index (Phi) is 3.73. The van der Waals surface area contributed by atoms with E-state index in [1.165, 1.54) is 25.1 Å². The molecule has 1 aromatic carbocycles. The molecule has 0 saturated carbocycles. The maximum Gasteiger partial charge on any atom is 0.311 e. The normalized spacial score (nSPS) is 14.4. The number of carboxylic acids is 1. The minimum atomic E-state index is -1.08. The zero-order valence-corrected chi connectivity index (χ0v) is 8.79. The number of phenolic OH excluding ortho intramolecular Hbond substituents is 2. The Morgan fingerprint density at radius 2 is 1.94 bits per heavy atom. The summed E-state index contributed by atoms with van der Waals surface area (Å²) in [5.41, 5.74) is 0.351. The standard InChI is InChI=1S/C11H14O5/c1-6(12)4-8(11(15)16)7-2-3-9(13)10(14)5-7/h2-3,5-6,8,12-14H,4H2,1H3,(H,15,16). The van der Waals surface area contributed by atoms with Crippen molar-refractivity contribution in [3.8, 4) is 11.5 Å². The number of aliphatic hydroxyl groups excluding tert-OH is 1. The van der Waals surface area contributed by atoms with Gasteiger partial charge in [-0.2, -0.15) is 0 Å². The number of aliphatic hydroxyl groups is 1. The molecule has 0 heterocycles. The van der Waals surface area contributed by atoms with E-state index in [2.05, 4.69) is 0 Å². The second-order valence-electron chi connectivity index (χ2n) is 3.72. The van der Waals surface area contributed by atoms with Gasteiger partial charge in [0.2, 0.25) is 0 Å². The quantitative estimate of drug-likeness (QED) is 0.575. The lowest BCUT2D eigenvalue weighted by atomic mass is 9.93. The molecule has 5 heteroatoms. The SMILES string of the molecule is CC(O)CC(C(=O)O)c1ccc(O)c(O)c1. The number of carbonyl (C=O) groups is 1. The van der Waals surface area contributed by atoms with Crippen molar-refractivity contribution in [2.75, 3.05) is 0 Å². The molecule has 16 heavy (non-hydrogen) atoms. The van der Waals surface area contributed by atoms with Crippen LogP contribution >= 0.6 is 0 Å². The van der Waals surface area contributed by atoms with Crippen molar-refractivity contribution >= 4 is 5.97 Å². The number of phenols is 2. The van der Waals surface area contributed by atoms with Crippen LogP contribution < -0.4 is 0 Å². The molecule has 0 saturated heterocycles. The Morgan fingerprint density at radius 3 is 2.38 bits per heavy atom. The first kappa shape index (κ1) is 12.3. The lowest BCUT2D eigenvalue weighted by Crippen LogP contribution is -2.17. The minimum Gasteiger partial charge on any atom is -0.504 e. The highest BCUT2D eigenvalue weighted by molar-refractivity contribution is 5.76. The molecule has 2 unspecified atom stereocenters. The van der Waals surface area contributed by atoms with Crippen molar-refractivity contribution in [2.45, 2.75) is 25.4 Å². The van der Waals surface area contributed by atoms with Crippen molar-refractivity contribution in [3.63, 3.8) is 0 Å². The second kappa shape index (κ2) is 4.85. The lowest BCUT2D eigenvalue weighted by molar-refractivity contribution is -0.139. The number of rotatable bonds is 4. The molecule has 88 valence electrons. The number of hydrogen-bond donors (Lipinski definition) is 4. The van der Waals surface area contributed by atoms with Gasteiger partial charge in [-0.1, -0.05) is 6.07 Å². The number of benzene rings is 1. The second-order valence-corrected chi connectivity index (χ2v) is 3.72. The van der Waals surface area contributed by atoms with Crippen molar-refractivity contribution < 1.29 is 25.2 Å². The van der Waals surface area contributed by atoms with Gasteiger partial charge in [-0.25, -0.2) is 0 Å². The largest absolute Gasteiger partial charge is 0.504 e. The van der Waals surface area contributed by atoms with Gasteiger partial charge in [0.05, 0.1) is 12.0 Å². The van der Waals surface area contributed by atoms with Crippen LogP contribution in [0.25, 0.3) is 0 Å². The van der Waals surface area contributed by atoms with Crippen LogP contribution in [-0.4, -0.2) is 32.5 Å². The zero-order valence-electron chi connectivity index (χ0n) is 8.79. The first-order valence-electron chi connectivity index (χ1n) is 4.84. The van der Waals surface area contributed by atoms with Gasteiger partial charge in [0, 0.05) is 0 Å². The van der Waals surface area contributed by atoms with Gasteiger partial charge >= 0.3 is 5.97 Å². The van der Waals surface area contributed by atoms with Gasteiger partial charge in [-0.15, -0.1) is 0 Å². The maximum absolute atomic E-state index is 11.0. The molecule has 1 aromatic rings. The Balaban J connectivity index is 3.01. The minimum absolute atomic E-state index is 0.0551. The average Bonchev–Trinajstić information content (AvgIpc) is 2.18. The lowest BCUT2D eigenvalue weighted by Gasteiger charge is -2.14. The van der Waals surface area contributed by atoms with Crippen LogP contribution in [0.4, 0.5) is 0 Å². The highest BCUT2D eigenvalue weighted by Crippen LogP contribution is 2.30. The number of aliphatic carboxylic acids is 1. The van der Waals surface area contributed by atoms with Gasteiger partial charge < -0.3 is 20.4 Å². The summed E-state index contributed by atoms with van der Waals surface area (Å²) < 4.78 is 0. The van der Waals surface area contributed by atoms with Crippen LogP contribution in [0.3, 0.4) is 0 Å². The Bertz CT molecular complexity index is 386. The number of hydrogen-bond acceptors (Lipinski definition) is 4. The third-order valence-electron chi connectivity index (χ3n) is 2.28. The molecule has 0 aliphatic heterocycles. The summed E-state index contributed by atoms with van der Waals surface area (Å²) in [6, 6.07) is 3.83. The molecule has 0 spiro atoms. The molecule has 1 rings (SSSR count). The Labute approximate surface area is 92.6 Å². The molecule has 0 radical (unpaired) electrons. The fourth-order valence-electron chi connectivity index (χ4n) is 1.48. The van der Waals surface area contributed by atoms with E-state index >= 15 is 0 Å². The summed E-state index contributed by atoms with van der Waals surface area (Å²) in [4.78, 5) is 11.0. The molecule has 0 amide bonds. The van der Waals surface area contributed by atoms with E-state index in [4.69, 9.17) is 10.2 Å². The van der Waals surface area contributed by atoms with E-state index in [9.17, 15) is 15.0 Å². The van der Waals surface area contributed by atoms with Crippen molar-refractivity contribution in [1.29, 1.82) is 0 Å². The van der Waals surface area contributed by atoms with E-state index in [-0.39, 0.29) is 17.9 Å². The third-order valence-corrected chi connectivity index (χ3v) is 2.28. The summed E-state index contributed by atoms with van der Waals surface area (Å²) in [6.07, 6.45) is -0.698. The highest BCUT2D eigenvalue weighted by atomic mass is 16.4. The third kappa shape index (κ3) is 2.87. The van der Waals surface area contributed by atoms with Crippen LogP contribution in [0.2, 0.25) is 0 Å². The molecule has 4 N–H and O–H groups in total. The monoisotopic (exact) mass is 226 g/mol. The van der Waals surface area contributed by atoms with Gasteiger partial charge in [0.15, 0.2) is 11.5 Å². The van der Waals surface area contributed by atoms with E-state index in [1.54, 1.807) is 0 Å². The molecule has 2 atom stereocenters. The zero-order chi connectivity index (χ0) is 12.3. The molecule has 0 fully saturated rings. The number of aromatic hydroxyl groups is 2. The van der Waals surface area contributed by atoms with Gasteiger partial charge in [0.1, 0.15) is 0 Å². The first-order chi connectivity index (χ1) is 7.41. The van der Waals surface area contributed by atoms with Gasteiger partial charge in [0.25, 0.3) is 0 Å². The Morgan fingerprint density at radius 1 is 1.31 bits per heavy atom. The molecule has 0 aliphatic carbocycles. The van der Waals surface area contributed by atoms with E-state index in [0.29, 0.717) is 5.56 Å². The fourth-order valence-corrected chi connectivity index (χ4v) is 1.48. The summed E-state index contributed by atoms with van der Waals surface area (Å²) in [5, 5.41) is 36.5. The summed E-state index contributed by atoms with van der Waals surface area (Å²) in [6.45, 7) is 1.50. The van der Waals surface area contributed by atoms with Crippen molar-refractivity contribution in [3.05, 3.63) is 23.8 Å².